The fourth-order valence-electron chi connectivity index (χ4n) is 1.73. The lowest BCUT2D eigenvalue weighted by Crippen LogP contribution is -2.27. The zero-order chi connectivity index (χ0) is 14.4. The molecule has 1 amide bonds. The van der Waals surface area contributed by atoms with Gasteiger partial charge in [0.05, 0.1) is 11.3 Å². The molecule has 0 bridgehead atoms. The van der Waals surface area contributed by atoms with Crippen molar-refractivity contribution in [1.82, 2.24) is 0 Å². The first-order valence-corrected chi connectivity index (χ1v) is 6.03. The second-order valence-corrected chi connectivity index (χ2v) is 4.27. The Morgan fingerprint density at radius 2 is 2.16 bits per heavy atom. The van der Waals surface area contributed by atoms with Crippen LogP contribution in [0.1, 0.15) is 36.5 Å². The van der Waals surface area contributed by atoms with E-state index < -0.39 is 17.7 Å². The molecule has 0 spiro atoms. The van der Waals surface area contributed by atoms with E-state index in [-0.39, 0.29) is 23.7 Å². The molecule has 19 heavy (non-hydrogen) atoms. The Hall–Kier alpha value is -1.95. The van der Waals surface area contributed by atoms with Crippen LogP contribution >= 0.6 is 0 Å². The first-order chi connectivity index (χ1) is 8.95. The van der Waals surface area contributed by atoms with Crippen molar-refractivity contribution in [1.29, 1.82) is 0 Å². The molecule has 0 fully saturated rings. The van der Waals surface area contributed by atoms with Crippen LogP contribution in [0.2, 0.25) is 0 Å². The van der Waals surface area contributed by atoms with Gasteiger partial charge < -0.3 is 16.2 Å². The molecular weight excluding hydrogens is 251 g/mol. The molecule has 4 N–H and O–H groups in total. The topological polar surface area (TPSA) is 92.4 Å². The largest absolute Gasteiger partial charge is 0.478 e. The van der Waals surface area contributed by atoms with Gasteiger partial charge in [-0.05, 0) is 18.6 Å². The molecule has 104 valence electrons. The SMILES string of the molecule is CCCC(N)CC(=O)Nc1c(F)cccc1C(=O)O. The first-order valence-electron chi connectivity index (χ1n) is 6.03. The van der Waals surface area contributed by atoms with Crippen LogP contribution in [0.25, 0.3) is 0 Å². The number of benzene rings is 1. The zero-order valence-electron chi connectivity index (χ0n) is 10.6. The number of halogens is 1. The highest BCUT2D eigenvalue weighted by Gasteiger charge is 2.17. The number of hydrogen-bond donors (Lipinski definition) is 3. The predicted octanol–water partition coefficient (Wildman–Crippen LogP) is 1.98. The van der Waals surface area contributed by atoms with E-state index in [0.29, 0.717) is 6.42 Å². The molecule has 1 rings (SSSR count). The molecule has 0 aromatic heterocycles. The third-order valence-corrected chi connectivity index (χ3v) is 2.62. The zero-order valence-corrected chi connectivity index (χ0v) is 10.6. The lowest BCUT2D eigenvalue weighted by molar-refractivity contribution is -0.116. The van der Waals surface area contributed by atoms with Crippen molar-refractivity contribution in [3.05, 3.63) is 29.6 Å². The fraction of sp³-hybridized carbons (Fsp3) is 0.385. The number of amides is 1. The Kier molecular flexibility index (Phi) is 5.44. The van der Waals surface area contributed by atoms with Gasteiger partial charge in [0.2, 0.25) is 5.91 Å². The summed E-state index contributed by atoms with van der Waals surface area (Å²) in [5.41, 5.74) is 5.11. The number of aromatic carboxylic acids is 1. The van der Waals surface area contributed by atoms with Crippen LogP contribution in [0.4, 0.5) is 10.1 Å². The lowest BCUT2D eigenvalue weighted by Gasteiger charge is -2.12. The minimum Gasteiger partial charge on any atom is -0.478 e. The van der Waals surface area contributed by atoms with Crippen LogP contribution in [-0.4, -0.2) is 23.0 Å². The highest BCUT2D eigenvalue weighted by Crippen LogP contribution is 2.20. The summed E-state index contributed by atoms with van der Waals surface area (Å²) in [5.74, 6) is -2.57. The van der Waals surface area contributed by atoms with E-state index in [9.17, 15) is 14.0 Å². The van der Waals surface area contributed by atoms with Gasteiger partial charge in [-0.25, -0.2) is 9.18 Å². The molecule has 0 saturated carbocycles. The van der Waals surface area contributed by atoms with E-state index in [0.717, 1.165) is 12.5 Å². The highest BCUT2D eigenvalue weighted by molar-refractivity contribution is 6.00. The van der Waals surface area contributed by atoms with Gasteiger partial charge in [0.25, 0.3) is 0 Å². The van der Waals surface area contributed by atoms with Crippen molar-refractivity contribution < 1.29 is 19.1 Å². The maximum Gasteiger partial charge on any atom is 0.337 e. The standard InChI is InChI=1S/C13H17FN2O3/c1-2-4-8(15)7-11(17)16-12-9(13(18)19)5-3-6-10(12)14/h3,5-6,8H,2,4,7,15H2,1H3,(H,16,17)(H,18,19). The molecule has 0 aliphatic carbocycles. The Balaban J connectivity index is 2.82. The Bertz CT molecular complexity index is 477. The van der Waals surface area contributed by atoms with Gasteiger partial charge >= 0.3 is 5.97 Å². The third-order valence-electron chi connectivity index (χ3n) is 2.62. The van der Waals surface area contributed by atoms with Gasteiger partial charge in [0.15, 0.2) is 0 Å². The average Bonchev–Trinajstić information content (AvgIpc) is 2.31. The number of carbonyl (C=O) groups is 2. The maximum atomic E-state index is 13.5. The summed E-state index contributed by atoms with van der Waals surface area (Å²) in [5, 5.41) is 11.2. The molecule has 0 aliphatic heterocycles. The Morgan fingerprint density at radius 1 is 1.47 bits per heavy atom. The number of carbonyl (C=O) groups excluding carboxylic acids is 1. The quantitative estimate of drug-likeness (QED) is 0.735. The van der Waals surface area contributed by atoms with E-state index >= 15 is 0 Å². The van der Waals surface area contributed by atoms with E-state index in [1.54, 1.807) is 0 Å². The van der Waals surface area contributed by atoms with E-state index in [4.69, 9.17) is 10.8 Å². The summed E-state index contributed by atoms with van der Waals surface area (Å²) in [7, 11) is 0. The summed E-state index contributed by atoms with van der Waals surface area (Å²) in [6.07, 6.45) is 1.55. The molecular formula is C13H17FN2O3. The minimum absolute atomic E-state index is 0.0290. The van der Waals surface area contributed by atoms with Crippen LogP contribution in [-0.2, 0) is 4.79 Å². The van der Waals surface area contributed by atoms with Crippen molar-refractivity contribution in [2.45, 2.75) is 32.2 Å². The second kappa shape index (κ2) is 6.84. The van der Waals surface area contributed by atoms with E-state index in [1.807, 2.05) is 6.92 Å². The number of para-hydroxylation sites is 1. The van der Waals surface area contributed by atoms with E-state index in [1.165, 1.54) is 12.1 Å². The number of nitrogens with one attached hydrogen (secondary N) is 1. The molecule has 1 atom stereocenters. The Labute approximate surface area is 110 Å². The molecule has 1 aromatic carbocycles. The smallest absolute Gasteiger partial charge is 0.337 e. The average molecular weight is 268 g/mol. The summed E-state index contributed by atoms with van der Waals surface area (Å²) in [6.45, 7) is 1.94. The van der Waals surface area contributed by atoms with Gasteiger partial charge in [-0.2, -0.15) is 0 Å². The Morgan fingerprint density at radius 3 is 2.74 bits per heavy atom. The van der Waals surface area contributed by atoms with Crippen LogP contribution < -0.4 is 11.1 Å². The summed E-state index contributed by atoms with van der Waals surface area (Å²) >= 11 is 0. The third kappa shape index (κ3) is 4.33. The van der Waals surface area contributed by atoms with Crippen molar-refractivity contribution >= 4 is 17.6 Å². The van der Waals surface area contributed by atoms with E-state index in [2.05, 4.69) is 5.32 Å². The molecule has 0 heterocycles. The van der Waals surface area contributed by atoms with Gasteiger partial charge in [0.1, 0.15) is 5.82 Å². The van der Waals surface area contributed by atoms with Crippen molar-refractivity contribution in [3.63, 3.8) is 0 Å². The summed E-state index contributed by atoms with van der Waals surface area (Å²) < 4.78 is 13.5. The van der Waals surface area contributed by atoms with Gasteiger partial charge in [-0.1, -0.05) is 19.4 Å². The number of anilines is 1. The molecule has 5 nitrogen and oxygen atoms in total. The molecule has 1 aromatic rings. The van der Waals surface area contributed by atoms with Gasteiger partial charge in [-0.3, -0.25) is 4.79 Å². The molecule has 0 saturated heterocycles. The number of rotatable bonds is 6. The van der Waals surface area contributed by atoms with Gasteiger partial charge in [-0.15, -0.1) is 0 Å². The van der Waals surface area contributed by atoms with Crippen LogP contribution in [0.5, 0.6) is 0 Å². The molecule has 6 heteroatoms. The summed E-state index contributed by atoms with van der Waals surface area (Å²) in [4.78, 5) is 22.6. The van der Waals surface area contributed by atoms with Crippen molar-refractivity contribution in [2.75, 3.05) is 5.32 Å². The normalized spacial score (nSPS) is 11.9. The van der Waals surface area contributed by atoms with Crippen LogP contribution in [0.3, 0.4) is 0 Å². The van der Waals surface area contributed by atoms with Crippen LogP contribution in [0.15, 0.2) is 18.2 Å². The fourth-order valence-corrected chi connectivity index (χ4v) is 1.73. The van der Waals surface area contributed by atoms with Crippen molar-refractivity contribution in [2.24, 2.45) is 5.73 Å². The first kappa shape index (κ1) is 15.1. The summed E-state index contributed by atoms with van der Waals surface area (Å²) in [6, 6.07) is 3.28. The van der Waals surface area contributed by atoms with Gasteiger partial charge in [0, 0.05) is 12.5 Å². The minimum atomic E-state index is -1.30. The number of carboxylic acids is 1. The molecule has 1 unspecified atom stereocenters. The second-order valence-electron chi connectivity index (χ2n) is 4.27. The number of carboxylic acid groups (broad SMARTS) is 1. The monoisotopic (exact) mass is 268 g/mol. The lowest BCUT2D eigenvalue weighted by atomic mass is 10.1. The maximum absolute atomic E-state index is 13.5. The molecule has 0 aliphatic rings. The van der Waals surface area contributed by atoms with Crippen LogP contribution in [0, 0.1) is 5.82 Å². The predicted molar refractivity (Wildman–Crippen MR) is 69.5 cm³/mol. The number of nitrogens with two attached hydrogens (primary N) is 1. The highest BCUT2D eigenvalue weighted by atomic mass is 19.1. The molecule has 0 radical (unpaired) electrons. The number of hydrogen-bond acceptors (Lipinski definition) is 3. The van der Waals surface area contributed by atoms with Crippen molar-refractivity contribution in [3.8, 4) is 0 Å².